The van der Waals surface area contributed by atoms with Crippen LogP contribution >= 0.6 is 0 Å². The molecule has 0 saturated carbocycles. The van der Waals surface area contributed by atoms with Crippen molar-refractivity contribution in [3.05, 3.63) is 88.3 Å². The maximum absolute atomic E-state index is 12.7. The number of halogens is 3. The highest BCUT2D eigenvalue weighted by molar-refractivity contribution is 5.99. The summed E-state index contributed by atoms with van der Waals surface area (Å²) in [5.74, 6) is 0.570. The minimum Gasteiger partial charge on any atom is -0.369 e. The summed E-state index contributed by atoms with van der Waals surface area (Å²) in [5, 5.41) is 12.1. The molecule has 0 aliphatic carbocycles. The molecule has 3 aromatic rings. The largest absolute Gasteiger partial charge is 0.416 e. The highest BCUT2D eigenvalue weighted by Crippen LogP contribution is 2.29. The van der Waals surface area contributed by atoms with Crippen LogP contribution in [0.5, 0.6) is 0 Å². The zero-order valence-electron chi connectivity index (χ0n) is 16.6. The first-order valence-electron chi connectivity index (χ1n) is 9.10. The van der Waals surface area contributed by atoms with E-state index in [4.69, 9.17) is 9.26 Å². The molecule has 30 heavy (non-hydrogen) atoms. The lowest BCUT2D eigenvalue weighted by atomic mass is 10.0. The summed E-state index contributed by atoms with van der Waals surface area (Å²) in [6.45, 7) is 3.51. The fourth-order valence-corrected chi connectivity index (χ4v) is 2.91. The molecule has 1 atom stereocenters. The lowest BCUT2D eigenvalue weighted by Crippen LogP contribution is -2.06. The number of benzene rings is 2. The molecule has 5 nitrogen and oxygen atoms in total. The van der Waals surface area contributed by atoms with E-state index in [1.165, 1.54) is 12.1 Å². The molecule has 0 saturated heterocycles. The molecule has 0 N–H and O–H groups in total. The number of hydrogen-bond donors (Lipinski definition) is 0. The third kappa shape index (κ3) is 5.01. The maximum atomic E-state index is 12.7. The summed E-state index contributed by atoms with van der Waals surface area (Å²) in [6, 6.07) is 14.1. The molecule has 0 amide bonds. The number of hydrogen-bond acceptors (Lipinski definition) is 5. The molecule has 3 rings (SSSR count). The van der Waals surface area contributed by atoms with Crippen molar-refractivity contribution in [3.8, 4) is 0 Å². The van der Waals surface area contributed by atoms with E-state index in [-0.39, 0.29) is 0 Å². The van der Waals surface area contributed by atoms with E-state index >= 15 is 0 Å². The van der Waals surface area contributed by atoms with E-state index in [9.17, 15) is 13.2 Å². The van der Waals surface area contributed by atoms with Gasteiger partial charge in [0, 0.05) is 18.7 Å². The van der Waals surface area contributed by atoms with Gasteiger partial charge in [-0.15, -0.1) is 0 Å². The monoisotopic (exact) mass is 415 g/mol. The first-order valence-corrected chi connectivity index (χ1v) is 9.10. The third-order valence-electron chi connectivity index (χ3n) is 4.45. The van der Waals surface area contributed by atoms with Crippen LogP contribution in [0.2, 0.25) is 0 Å². The molecule has 0 aliphatic rings. The normalized spacial score (nSPS) is 13.7. The van der Waals surface area contributed by atoms with Gasteiger partial charge < -0.3 is 9.26 Å². The highest BCUT2D eigenvalue weighted by Gasteiger charge is 2.30. The van der Waals surface area contributed by atoms with Gasteiger partial charge in [0.1, 0.15) is 6.10 Å². The number of methoxy groups -OCH3 is 1. The van der Waals surface area contributed by atoms with Crippen molar-refractivity contribution >= 4 is 11.9 Å². The number of aryl methyl sites for hydroxylation is 1. The van der Waals surface area contributed by atoms with Crippen LogP contribution in [-0.4, -0.2) is 24.2 Å². The first kappa shape index (κ1) is 21.4. The Hall–Kier alpha value is -3.26. The quantitative estimate of drug-likeness (QED) is 0.390. The SMILES string of the molecule is COC(c1cc(C)no1)c1ccccc1/C=N/N=C(\C)c1ccc(C(F)(F)F)cc1. The molecule has 0 aliphatic heterocycles. The smallest absolute Gasteiger partial charge is 0.369 e. The molecule has 1 heterocycles. The van der Waals surface area contributed by atoms with Gasteiger partial charge in [-0.05, 0) is 37.1 Å². The van der Waals surface area contributed by atoms with E-state index in [1.54, 1.807) is 26.3 Å². The Morgan fingerprint density at radius 3 is 2.43 bits per heavy atom. The Balaban J connectivity index is 1.82. The van der Waals surface area contributed by atoms with Gasteiger partial charge in [0.2, 0.25) is 0 Å². The van der Waals surface area contributed by atoms with Crippen molar-refractivity contribution in [3.63, 3.8) is 0 Å². The van der Waals surface area contributed by atoms with E-state index in [1.807, 2.05) is 31.2 Å². The Morgan fingerprint density at radius 2 is 1.83 bits per heavy atom. The van der Waals surface area contributed by atoms with Gasteiger partial charge in [-0.1, -0.05) is 41.6 Å². The van der Waals surface area contributed by atoms with Gasteiger partial charge in [0.05, 0.1) is 23.2 Å². The van der Waals surface area contributed by atoms with Crippen LogP contribution in [-0.2, 0) is 10.9 Å². The van der Waals surface area contributed by atoms with Crippen molar-refractivity contribution in [1.82, 2.24) is 5.16 Å². The molecule has 0 radical (unpaired) electrons. The predicted molar refractivity (Wildman–Crippen MR) is 108 cm³/mol. The predicted octanol–water partition coefficient (Wildman–Crippen LogP) is 5.58. The molecule has 8 heteroatoms. The highest BCUT2D eigenvalue weighted by atomic mass is 19.4. The molecular formula is C22H20F3N3O2. The van der Waals surface area contributed by atoms with Crippen molar-refractivity contribution in [1.29, 1.82) is 0 Å². The third-order valence-corrected chi connectivity index (χ3v) is 4.45. The van der Waals surface area contributed by atoms with Gasteiger partial charge in [-0.3, -0.25) is 0 Å². The number of nitrogens with zero attached hydrogens (tertiary/aromatic N) is 3. The van der Waals surface area contributed by atoms with Gasteiger partial charge in [-0.25, -0.2) is 0 Å². The average molecular weight is 415 g/mol. The minimum absolute atomic E-state index is 0.464. The van der Waals surface area contributed by atoms with E-state index in [0.717, 1.165) is 29.0 Å². The second-order valence-corrected chi connectivity index (χ2v) is 6.62. The minimum atomic E-state index is -4.37. The van der Waals surface area contributed by atoms with E-state index in [2.05, 4.69) is 15.4 Å². The molecule has 0 fully saturated rings. The molecule has 1 aromatic heterocycles. The standard InChI is InChI=1S/C22H20F3N3O2/c1-14-12-20(30-28-14)21(29-3)19-7-5-4-6-17(19)13-26-27-15(2)16-8-10-18(11-9-16)22(23,24)25/h4-13,21H,1-3H3/b26-13+,27-15+. The summed E-state index contributed by atoms with van der Waals surface area (Å²) in [4.78, 5) is 0. The van der Waals surface area contributed by atoms with E-state index in [0.29, 0.717) is 17.0 Å². The summed E-state index contributed by atoms with van der Waals surface area (Å²) >= 11 is 0. The van der Waals surface area contributed by atoms with Crippen molar-refractivity contribution in [2.45, 2.75) is 26.1 Å². The Kier molecular flexibility index (Phi) is 6.47. The first-order chi connectivity index (χ1) is 14.3. The second kappa shape index (κ2) is 9.04. The van der Waals surface area contributed by atoms with Gasteiger partial charge in [0.25, 0.3) is 0 Å². The summed E-state index contributed by atoms with van der Waals surface area (Å²) < 4.78 is 49.0. The van der Waals surface area contributed by atoms with Gasteiger partial charge in [-0.2, -0.15) is 23.4 Å². The molecular weight excluding hydrogens is 395 g/mol. The molecule has 1 unspecified atom stereocenters. The van der Waals surface area contributed by atoms with Crippen LogP contribution in [0.1, 0.15) is 46.7 Å². The van der Waals surface area contributed by atoms with Crippen molar-refractivity contribution in [2.24, 2.45) is 10.2 Å². The zero-order valence-corrected chi connectivity index (χ0v) is 16.6. The lowest BCUT2D eigenvalue weighted by molar-refractivity contribution is -0.137. The van der Waals surface area contributed by atoms with Crippen LogP contribution in [0.15, 0.2) is 69.3 Å². The summed E-state index contributed by atoms with van der Waals surface area (Å²) in [6.07, 6.45) is -3.27. The van der Waals surface area contributed by atoms with Gasteiger partial charge >= 0.3 is 6.18 Å². The lowest BCUT2D eigenvalue weighted by Gasteiger charge is -2.14. The van der Waals surface area contributed by atoms with Crippen molar-refractivity contribution < 1.29 is 22.4 Å². The van der Waals surface area contributed by atoms with E-state index < -0.39 is 17.8 Å². The fraction of sp³-hybridized carbons (Fsp3) is 0.227. The fourth-order valence-electron chi connectivity index (χ4n) is 2.91. The Morgan fingerprint density at radius 1 is 1.13 bits per heavy atom. The van der Waals surface area contributed by atoms with Crippen LogP contribution < -0.4 is 0 Å². The van der Waals surface area contributed by atoms with Crippen LogP contribution in [0.3, 0.4) is 0 Å². The summed E-state index contributed by atoms with van der Waals surface area (Å²) in [5.41, 5.74) is 2.68. The Bertz CT molecular complexity index is 1050. The zero-order chi connectivity index (χ0) is 21.7. The van der Waals surface area contributed by atoms with Gasteiger partial charge in [0.15, 0.2) is 5.76 Å². The second-order valence-electron chi connectivity index (χ2n) is 6.62. The van der Waals surface area contributed by atoms with Crippen LogP contribution in [0.4, 0.5) is 13.2 Å². The molecule has 156 valence electrons. The number of alkyl halides is 3. The topological polar surface area (TPSA) is 60.0 Å². The summed E-state index contributed by atoms with van der Waals surface area (Å²) in [7, 11) is 1.57. The molecule has 0 bridgehead atoms. The van der Waals surface area contributed by atoms with Crippen LogP contribution in [0, 0.1) is 6.92 Å². The average Bonchev–Trinajstić information content (AvgIpc) is 3.15. The number of aromatic nitrogens is 1. The number of ether oxygens (including phenoxy) is 1. The number of rotatable bonds is 6. The Labute approximate surface area is 171 Å². The van der Waals surface area contributed by atoms with Crippen molar-refractivity contribution in [2.75, 3.05) is 7.11 Å². The molecule has 2 aromatic carbocycles. The maximum Gasteiger partial charge on any atom is 0.416 e. The molecule has 0 spiro atoms. The van der Waals surface area contributed by atoms with Crippen LogP contribution in [0.25, 0.3) is 0 Å².